The molecule has 0 aliphatic rings. The van der Waals surface area contributed by atoms with Crippen LogP contribution in [0, 0.1) is 0 Å². The van der Waals surface area contributed by atoms with Crippen LogP contribution in [0.4, 0.5) is 0 Å². The fourth-order valence-electron chi connectivity index (χ4n) is 2.28. The maximum atomic E-state index is 12.6. The van der Waals surface area contributed by atoms with E-state index in [-0.39, 0.29) is 12.5 Å². The zero-order valence-electron chi connectivity index (χ0n) is 13.8. The molecule has 0 fully saturated rings. The summed E-state index contributed by atoms with van der Waals surface area (Å²) in [6.07, 6.45) is 3.32. The Morgan fingerprint density at radius 3 is 2.61 bits per heavy atom. The number of nitrogens with zero attached hydrogens (tertiary/aromatic N) is 2. The highest BCUT2D eigenvalue weighted by atomic mass is 35.5. The molecule has 1 aromatic carbocycles. The summed E-state index contributed by atoms with van der Waals surface area (Å²) < 4.78 is 1.61. The second kappa shape index (κ2) is 6.34. The minimum absolute atomic E-state index is 0.0987. The van der Waals surface area contributed by atoms with Crippen molar-refractivity contribution in [2.75, 3.05) is 6.54 Å². The van der Waals surface area contributed by atoms with Gasteiger partial charge < -0.3 is 10.4 Å². The fraction of sp³-hybridized carbons (Fsp3) is 0.412. The summed E-state index contributed by atoms with van der Waals surface area (Å²) in [4.78, 5) is 12.6. The van der Waals surface area contributed by atoms with Crippen LogP contribution in [0.15, 0.2) is 36.7 Å². The number of aromatic nitrogens is 2. The van der Waals surface area contributed by atoms with Crippen molar-refractivity contribution in [3.05, 3.63) is 52.8 Å². The van der Waals surface area contributed by atoms with Crippen molar-refractivity contribution in [1.29, 1.82) is 0 Å². The van der Waals surface area contributed by atoms with E-state index in [2.05, 4.69) is 10.4 Å². The molecule has 0 saturated carbocycles. The quantitative estimate of drug-likeness (QED) is 0.881. The van der Waals surface area contributed by atoms with Gasteiger partial charge in [-0.15, -0.1) is 0 Å². The van der Waals surface area contributed by atoms with E-state index in [0.29, 0.717) is 10.6 Å². The zero-order valence-corrected chi connectivity index (χ0v) is 14.6. The number of hydrogen-bond acceptors (Lipinski definition) is 3. The molecule has 5 nitrogen and oxygen atoms in total. The van der Waals surface area contributed by atoms with Crippen molar-refractivity contribution >= 4 is 17.5 Å². The summed E-state index contributed by atoms with van der Waals surface area (Å²) in [5.74, 6) is -0.177. The average Bonchev–Trinajstić information content (AvgIpc) is 2.92. The van der Waals surface area contributed by atoms with Gasteiger partial charge >= 0.3 is 0 Å². The molecule has 1 aromatic heterocycles. The van der Waals surface area contributed by atoms with Gasteiger partial charge in [0.25, 0.3) is 0 Å². The summed E-state index contributed by atoms with van der Waals surface area (Å²) in [6, 6.07) is 7.23. The molecule has 0 radical (unpaired) electrons. The normalized spacial score (nSPS) is 14.3. The third kappa shape index (κ3) is 3.92. The van der Waals surface area contributed by atoms with E-state index >= 15 is 0 Å². The zero-order chi connectivity index (χ0) is 17.3. The van der Waals surface area contributed by atoms with E-state index in [1.54, 1.807) is 43.2 Å². The first-order valence-electron chi connectivity index (χ1n) is 7.39. The van der Waals surface area contributed by atoms with Crippen LogP contribution < -0.4 is 5.32 Å². The molecule has 124 valence electrons. The molecule has 23 heavy (non-hydrogen) atoms. The number of nitrogens with one attached hydrogen (secondary N) is 1. The predicted octanol–water partition coefficient (Wildman–Crippen LogP) is 2.38. The summed E-state index contributed by atoms with van der Waals surface area (Å²) >= 11 is 6.01. The minimum Gasteiger partial charge on any atom is -0.383 e. The largest absolute Gasteiger partial charge is 0.383 e. The molecule has 0 bridgehead atoms. The SMILES string of the molecule is Cn1cc([C@](C)(O)CNC(=O)C(C)(C)c2cccc(Cl)c2)cn1. The number of halogens is 1. The first kappa shape index (κ1) is 17.5. The van der Waals surface area contributed by atoms with Gasteiger partial charge in [0.15, 0.2) is 0 Å². The molecule has 0 saturated heterocycles. The summed E-state index contributed by atoms with van der Waals surface area (Å²) in [7, 11) is 1.78. The van der Waals surface area contributed by atoms with Gasteiger partial charge in [-0.3, -0.25) is 9.48 Å². The topological polar surface area (TPSA) is 67.2 Å². The van der Waals surface area contributed by atoms with Crippen LogP contribution in [0.1, 0.15) is 31.9 Å². The van der Waals surface area contributed by atoms with Crippen LogP contribution in [0.2, 0.25) is 5.02 Å². The maximum absolute atomic E-state index is 12.6. The van der Waals surface area contributed by atoms with Crippen LogP contribution in [0.3, 0.4) is 0 Å². The van der Waals surface area contributed by atoms with Gasteiger partial charge in [-0.05, 0) is 38.5 Å². The van der Waals surface area contributed by atoms with Crippen molar-refractivity contribution in [2.45, 2.75) is 31.8 Å². The fourth-order valence-corrected chi connectivity index (χ4v) is 2.47. The number of aryl methyl sites for hydroxylation is 1. The van der Waals surface area contributed by atoms with Gasteiger partial charge in [0.1, 0.15) is 5.60 Å². The van der Waals surface area contributed by atoms with Gasteiger partial charge in [-0.2, -0.15) is 5.10 Å². The predicted molar refractivity (Wildman–Crippen MR) is 90.3 cm³/mol. The lowest BCUT2D eigenvalue weighted by Crippen LogP contribution is -2.45. The van der Waals surface area contributed by atoms with E-state index in [1.165, 1.54) is 0 Å². The number of benzene rings is 1. The molecule has 2 aromatic rings. The number of carbonyl (C=O) groups is 1. The molecule has 2 N–H and O–H groups in total. The van der Waals surface area contributed by atoms with Gasteiger partial charge in [-0.1, -0.05) is 23.7 Å². The molecule has 0 unspecified atom stereocenters. The molecule has 6 heteroatoms. The summed E-state index contributed by atoms with van der Waals surface area (Å²) in [5.41, 5.74) is -0.464. The highest BCUT2D eigenvalue weighted by Crippen LogP contribution is 2.26. The van der Waals surface area contributed by atoms with Crippen LogP contribution in [0.5, 0.6) is 0 Å². The van der Waals surface area contributed by atoms with E-state index in [0.717, 1.165) is 5.56 Å². The third-order valence-electron chi connectivity index (χ3n) is 4.03. The van der Waals surface area contributed by atoms with Gasteiger partial charge in [-0.25, -0.2) is 0 Å². The lowest BCUT2D eigenvalue weighted by Gasteiger charge is -2.28. The minimum atomic E-state index is -1.19. The van der Waals surface area contributed by atoms with Crippen molar-refractivity contribution in [2.24, 2.45) is 7.05 Å². The summed E-state index contributed by atoms with van der Waals surface area (Å²) in [6.45, 7) is 5.40. The highest BCUT2D eigenvalue weighted by molar-refractivity contribution is 6.30. The second-order valence-electron chi connectivity index (χ2n) is 6.49. The van der Waals surface area contributed by atoms with E-state index in [4.69, 9.17) is 11.6 Å². The Morgan fingerprint density at radius 2 is 2.04 bits per heavy atom. The van der Waals surface area contributed by atoms with E-state index in [9.17, 15) is 9.90 Å². The molecule has 0 spiro atoms. The number of amides is 1. The standard InChI is InChI=1S/C17H22ClN3O2/c1-16(2,12-6-5-7-14(18)8-12)15(22)19-11-17(3,23)13-9-20-21(4)10-13/h5-10,23H,11H2,1-4H3,(H,19,22)/t17-/m1/s1. The highest BCUT2D eigenvalue weighted by Gasteiger charge is 2.32. The first-order chi connectivity index (χ1) is 10.6. The molecular weight excluding hydrogens is 314 g/mol. The van der Waals surface area contributed by atoms with Gasteiger partial charge in [0.2, 0.25) is 5.91 Å². The van der Waals surface area contributed by atoms with Crippen molar-refractivity contribution < 1.29 is 9.90 Å². The molecular formula is C17H22ClN3O2. The first-order valence-corrected chi connectivity index (χ1v) is 7.76. The number of aliphatic hydroxyl groups is 1. The summed E-state index contributed by atoms with van der Waals surface area (Å²) in [5, 5.41) is 18.0. The van der Waals surface area contributed by atoms with Crippen LogP contribution in [0.25, 0.3) is 0 Å². The van der Waals surface area contributed by atoms with Gasteiger partial charge in [0, 0.05) is 23.8 Å². The maximum Gasteiger partial charge on any atom is 0.230 e. The average molecular weight is 336 g/mol. The molecule has 1 atom stereocenters. The second-order valence-corrected chi connectivity index (χ2v) is 6.93. The third-order valence-corrected chi connectivity index (χ3v) is 4.27. The van der Waals surface area contributed by atoms with Gasteiger partial charge in [0.05, 0.1) is 18.2 Å². The Hall–Kier alpha value is -1.85. The van der Waals surface area contributed by atoms with E-state index < -0.39 is 11.0 Å². The lowest BCUT2D eigenvalue weighted by molar-refractivity contribution is -0.126. The monoisotopic (exact) mass is 335 g/mol. The Labute approximate surface area is 141 Å². The number of carbonyl (C=O) groups excluding carboxylic acids is 1. The smallest absolute Gasteiger partial charge is 0.230 e. The Morgan fingerprint density at radius 1 is 1.35 bits per heavy atom. The Kier molecular flexibility index (Phi) is 4.82. The molecule has 2 rings (SSSR count). The van der Waals surface area contributed by atoms with Crippen LogP contribution in [-0.2, 0) is 22.9 Å². The lowest BCUT2D eigenvalue weighted by atomic mass is 9.83. The van der Waals surface area contributed by atoms with Crippen LogP contribution in [-0.4, -0.2) is 27.3 Å². The van der Waals surface area contributed by atoms with Crippen molar-refractivity contribution in [3.63, 3.8) is 0 Å². The van der Waals surface area contributed by atoms with E-state index in [1.807, 2.05) is 26.0 Å². The molecule has 0 aliphatic carbocycles. The van der Waals surface area contributed by atoms with Crippen molar-refractivity contribution in [3.8, 4) is 0 Å². The molecule has 1 amide bonds. The number of rotatable bonds is 5. The van der Waals surface area contributed by atoms with Crippen molar-refractivity contribution in [1.82, 2.24) is 15.1 Å². The number of hydrogen-bond donors (Lipinski definition) is 2. The molecule has 0 aliphatic heterocycles. The molecule has 1 heterocycles. The van der Waals surface area contributed by atoms with Crippen LogP contribution >= 0.6 is 11.6 Å². The Bertz CT molecular complexity index is 707. The Balaban J connectivity index is 2.09.